The molecule has 1 fully saturated rings. The lowest BCUT2D eigenvalue weighted by Gasteiger charge is -2.30. The number of hydrogen-bond acceptors (Lipinski definition) is 3. The van der Waals surface area contributed by atoms with Crippen molar-refractivity contribution >= 4 is 17.3 Å². The summed E-state index contributed by atoms with van der Waals surface area (Å²) in [6.07, 6.45) is 4.46. The molecule has 1 aromatic rings. The summed E-state index contributed by atoms with van der Waals surface area (Å²) in [5.41, 5.74) is 7.43. The van der Waals surface area contributed by atoms with Gasteiger partial charge >= 0.3 is 5.97 Å². The van der Waals surface area contributed by atoms with Crippen molar-refractivity contribution in [3.8, 4) is 0 Å². The van der Waals surface area contributed by atoms with Crippen LogP contribution in [0.1, 0.15) is 25.7 Å². The lowest BCUT2D eigenvalue weighted by atomic mass is 10.1. The molecular weight excluding hydrogens is 216 g/mol. The van der Waals surface area contributed by atoms with E-state index in [4.69, 9.17) is 10.8 Å². The number of carboxylic acid groups (broad SMARTS) is 1. The molecule has 4 nitrogen and oxygen atoms in total. The molecule has 1 aliphatic carbocycles. The molecule has 0 spiro atoms. The van der Waals surface area contributed by atoms with E-state index >= 15 is 0 Å². The third-order valence-electron chi connectivity index (χ3n) is 3.32. The number of carbonyl (C=O) groups is 1. The van der Waals surface area contributed by atoms with Crippen LogP contribution in [0.4, 0.5) is 11.4 Å². The number of nitrogen functional groups attached to an aromatic ring is 1. The molecule has 0 aliphatic heterocycles. The molecule has 4 heteroatoms. The first-order chi connectivity index (χ1) is 8.18. The highest BCUT2D eigenvalue weighted by atomic mass is 16.4. The van der Waals surface area contributed by atoms with Gasteiger partial charge in [-0.2, -0.15) is 0 Å². The number of benzene rings is 1. The van der Waals surface area contributed by atoms with Crippen molar-refractivity contribution in [2.45, 2.75) is 31.7 Å². The summed E-state index contributed by atoms with van der Waals surface area (Å²) in [7, 11) is 0. The molecule has 1 aromatic carbocycles. The zero-order chi connectivity index (χ0) is 12.3. The number of rotatable bonds is 4. The van der Waals surface area contributed by atoms with Gasteiger partial charge in [0.25, 0.3) is 0 Å². The molecule has 0 bridgehead atoms. The second kappa shape index (κ2) is 5.08. The fourth-order valence-electron chi connectivity index (χ4n) is 2.52. The average Bonchev–Trinajstić information content (AvgIpc) is 2.80. The molecule has 0 atom stereocenters. The number of nitrogens with two attached hydrogens (primary N) is 1. The van der Waals surface area contributed by atoms with Gasteiger partial charge in [-0.3, -0.25) is 4.79 Å². The minimum Gasteiger partial charge on any atom is -0.480 e. The van der Waals surface area contributed by atoms with Crippen LogP contribution in [-0.4, -0.2) is 23.7 Å². The number of carboxylic acids is 1. The lowest BCUT2D eigenvalue weighted by molar-refractivity contribution is -0.135. The van der Waals surface area contributed by atoms with E-state index < -0.39 is 5.97 Å². The van der Waals surface area contributed by atoms with Crippen LogP contribution in [0.5, 0.6) is 0 Å². The highest BCUT2D eigenvalue weighted by Gasteiger charge is 2.25. The van der Waals surface area contributed by atoms with Crippen molar-refractivity contribution in [3.05, 3.63) is 24.3 Å². The van der Waals surface area contributed by atoms with Gasteiger partial charge in [0.05, 0.1) is 11.4 Å². The highest BCUT2D eigenvalue weighted by Crippen LogP contribution is 2.31. The molecule has 3 N–H and O–H groups in total. The number of aliphatic carboxylic acids is 1. The van der Waals surface area contributed by atoms with Crippen LogP contribution in [-0.2, 0) is 4.79 Å². The first-order valence-corrected chi connectivity index (χ1v) is 6.01. The van der Waals surface area contributed by atoms with Crippen LogP contribution < -0.4 is 10.6 Å². The lowest BCUT2D eigenvalue weighted by Crippen LogP contribution is -2.38. The van der Waals surface area contributed by atoms with Gasteiger partial charge in [-0.1, -0.05) is 25.0 Å². The van der Waals surface area contributed by atoms with Crippen molar-refractivity contribution in [3.63, 3.8) is 0 Å². The maximum atomic E-state index is 11.0. The Balaban J connectivity index is 2.25. The van der Waals surface area contributed by atoms with Crippen LogP contribution in [0.3, 0.4) is 0 Å². The molecular formula is C13H18N2O2. The Kier molecular flexibility index (Phi) is 3.52. The summed E-state index contributed by atoms with van der Waals surface area (Å²) >= 11 is 0. The van der Waals surface area contributed by atoms with E-state index in [1.165, 1.54) is 12.8 Å². The molecule has 0 unspecified atom stereocenters. The van der Waals surface area contributed by atoms with Crippen molar-refractivity contribution in [2.24, 2.45) is 0 Å². The van der Waals surface area contributed by atoms with Gasteiger partial charge in [0.15, 0.2) is 0 Å². The maximum Gasteiger partial charge on any atom is 0.323 e. The Labute approximate surface area is 101 Å². The smallest absolute Gasteiger partial charge is 0.323 e. The summed E-state index contributed by atoms with van der Waals surface area (Å²) in [5.74, 6) is -0.805. The normalized spacial score (nSPS) is 16.0. The monoisotopic (exact) mass is 234 g/mol. The molecule has 0 amide bonds. The highest BCUT2D eigenvalue weighted by molar-refractivity contribution is 5.77. The number of hydrogen-bond donors (Lipinski definition) is 2. The summed E-state index contributed by atoms with van der Waals surface area (Å²) < 4.78 is 0. The van der Waals surface area contributed by atoms with E-state index in [1.807, 2.05) is 29.2 Å². The van der Waals surface area contributed by atoms with E-state index in [0.717, 1.165) is 18.5 Å². The third-order valence-corrected chi connectivity index (χ3v) is 3.32. The van der Waals surface area contributed by atoms with E-state index in [0.29, 0.717) is 11.7 Å². The second-order valence-corrected chi connectivity index (χ2v) is 4.52. The molecule has 0 aromatic heterocycles. The van der Waals surface area contributed by atoms with Crippen LogP contribution in [0.25, 0.3) is 0 Å². The zero-order valence-electron chi connectivity index (χ0n) is 9.80. The van der Waals surface area contributed by atoms with Crippen molar-refractivity contribution < 1.29 is 9.90 Å². The number of nitrogens with zero attached hydrogens (tertiary/aromatic N) is 1. The summed E-state index contributed by atoms with van der Waals surface area (Å²) in [4.78, 5) is 12.9. The van der Waals surface area contributed by atoms with Crippen molar-refractivity contribution in [1.29, 1.82) is 0 Å². The summed E-state index contributed by atoms with van der Waals surface area (Å²) in [6.45, 7) is 0.0267. The first-order valence-electron chi connectivity index (χ1n) is 6.01. The SMILES string of the molecule is Nc1ccccc1N(CC(=O)O)C1CCCC1. The Hall–Kier alpha value is -1.71. The fraction of sp³-hybridized carbons (Fsp3) is 0.462. The van der Waals surface area contributed by atoms with Gasteiger partial charge in [0.1, 0.15) is 6.54 Å². The number of para-hydroxylation sites is 2. The molecule has 1 saturated carbocycles. The van der Waals surface area contributed by atoms with Gasteiger partial charge in [-0.25, -0.2) is 0 Å². The quantitative estimate of drug-likeness (QED) is 0.783. The number of anilines is 2. The van der Waals surface area contributed by atoms with Crippen LogP contribution in [0, 0.1) is 0 Å². The Morgan fingerprint density at radius 1 is 1.35 bits per heavy atom. The van der Waals surface area contributed by atoms with Crippen LogP contribution in [0.15, 0.2) is 24.3 Å². The Morgan fingerprint density at radius 3 is 2.59 bits per heavy atom. The van der Waals surface area contributed by atoms with Gasteiger partial charge < -0.3 is 15.7 Å². The van der Waals surface area contributed by atoms with E-state index in [-0.39, 0.29) is 6.54 Å². The van der Waals surface area contributed by atoms with Gasteiger partial charge in [0, 0.05) is 6.04 Å². The third kappa shape index (κ3) is 2.70. The van der Waals surface area contributed by atoms with Crippen LogP contribution in [0.2, 0.25) is 0 Å². The molecule has 17 heavy (non-hydrogen) atoms. The average molecular weight is 234 g/mol. The molecule has 2 rings (SSSR count). The summed E-state index contributed by atoms with van der Waals surface area (Å²) in [5, 5.41) is 9.01. The predicted molar refractivity (Wildman–Crippen MR) is 68.1 cm³/mol. The molecule has 92 valence electrons. The van der Waals surface area contributed by atoms with Crippen LogP contribution >= 0.6 is 0 Å². The Bertz CT molecular complexity index is 400. The maximum absolute atomic E-state index is 11.0. The standard InChI is InChI=1S/C13H18N2O2/c14-11-7-3-4-8-12(11)15(9-13(16)17)10-5-1-2-6-10/h3-4,7-8,10H,1-2,5-6,9,14H2,(H,16,17). The largest absolute Gasteiger partial charge is 0.480 e. The molecule has 0 saturated heterocycles. The van der Waals surface area contributed by atoms with Crippen molar-refractivity contribution in [1.82, 2.24) is 0 Å². The van der Waals surface area contributed by atoms with Gasteiger partial charge in [0.2, 0.25) is 0 Å². The van der Waals surface area contributed by atoms with Crippen molar-refractivity contribution in [2.75, 3.05) is 17.2 Å². The summed E-state index contributed by atoms with van der Waals surface area (Å²) in [6, 6.07) is 7.80. The second-order valence-electron chi connectivity index (χ2n) is 4.52. The van der Waals surface area contributed by atoms with Gasteiger partial charge in [-0.05, 0) is 25.0 Å². The first kappa shape index (κ1) is 11.8. The van der Waals surface area contributed by atoms with E-state index in [1.54, 1.807) is 0 Å². The molecule has 1 aliphatic rings. The fourth-order valence-corrected chi connectivity index (χ4v) is 2.52. The van der Waals surface area contributed by atoms with E-state index in [2.05, 4.69) is 0 Å². The topological polar surface area (TPSA) is 66.6 Å². The minimum atomic E-state index is -0.805. The zero-order valence-corrected chi connectivity index (χ0v) is 9.80. The van der Waals surface area contributed by atoms with E-state index in [9.17, 15) is 4.79 Å². The predicted octanol–water partition coefficient (Wildman–Crippen LogP) is 2.10. The Morgan fingerprint density at radius 2 is 2.00 bits per heavy atom. The molecule has 0 radical (unpaired) electrons. The van der Waals surface area contributed by atoms with Gasteiger partial charge in [-0.15, -0.1) is 0 Å². The molecule has 0 heterocycles. The minimum absolute atomic E-state index is 0.0267.